The summed E-state index contributed by atoms with van der Waals surface area (Å²) in [5.41, 5.74) is 0.332. The number of hydrogen-bond acceptors (Lipinski definition) is 4. The van der Waals surface area contributed by atoms with Gasteiger partial charge in [0.2, 0.25) is 5.91 Å². The van der Waals surface area contributed by atoms with Crippen LogP contribution in [0.4, 0.5) is 11.4 Å². The fraction of sp³-hybridized carbons (Fsp3) is 0.588. The molecule has 1 saturated heterocycles. The summed E-state index contributed by atoms with van der Waals surface area (Å²) in [6.07, 6.45) is 1.07. The van der Waals surface area contributed by atoms with Crippen LogP contribution in [0.3, 0.4) is 0 Å². The van der Waals surface area contributed by atoms with Crippen molar-refractivity contribution in [1.29, 1.82) is 0 Å². The van der Waals surface area contributed by atoms with Crippen molar-refractivity contribution >= 4 is 25.6 Å². The first-order chi connectivity index (χ1) is 11.0. The second kappa shape index (κ2) is 6.64. The Hall–Kier alpha value is -1.73. The number of benzene rings is 1. The number of carbonyl (C=O) groups excluding carboxylic acids is 1. The molecule has 1 aromatic rings. The van der Waals surface area contributed by atoms with Gasteiger partial charge in [0, 0.05) is 12.5 Å². The van der Waals surface area contributed by atoms with Crippen LogP contribution in [0.2, 0.25) is 18.1 Å². The third kappa shape index (κ3) is 3.67. The predicted molar refractivity (Wildman–Crippen MR) is 96.8 cm³/mol. The molecule has 0 saturated carbocycles. The fourth-order valence-corrected chi connectivity index (χ4v) is 3.62. The largest absolute Gasteiger partial charge is 0.415 e. The highest BCUT2D eigenvalue weighted by Gasteiger charge is 2.41. The molecule has 0 aliphatic carbocycles. The van der Waals surface area contributed by atoms with Crippen LogP contribution in [0.5, 0.6) is 0 Å². The lowest BCUT2D eigenvalue weighted by Crippen LogP contribution is -2.45. The van der Waals surface area contributed by atoms with Crippen molar-refractivity contribution in [3.8, 4) is 0 Å². The van der Waals surface area contributed by atoms with Crippen molar-refractivity contribution < 1.29 is 14.1 Å². The first kappa shape index (κ1) is 18.6. The van der Waals surface area contributed by atoms with Gasteiger partial charge in [0.1, 0.15) is 5.69 Å². The quantitative estimate of drug-likeness (QED) is 0.455. The zero-order valence-corrected chi connectivity index (χ0v) is 16.0. The summed E-state index contributed by atoms with van der Waals surface area (Å²) in [6, 6.07) is 6.27. The average molecular weight is 350 g/mol. The van der Waals surface area contributed by atoms with Gasteiger partial charge in [-0.3, -0.25) is 14.9 Å². The number of nitro groups is 1. The van der Waals surface area contributed by atoms with Crippen LogP contribution in [0, 0.1) is 10.1 Å². The molecule has 0 spiro atoms. The molecule has 24 heavy (non-hydrogen) atoms. The van der Waals surface area contributed by atoms with E-state index < -0.39 is 13.2 Å². The van der Waals surface area contributed by atoms with Gasteiger partial charge in [-0.05, 0) is 30.6 Å². The summed E-state index contributed by atoms with van der Waals surface area (Å²) in [6.45, 7) is 11.3. The molecule has 1 heterocycles. The molecule has 2 rings (SSSR count). The zero-order chi connectivity index (χ0) is 18.1. The first-order valence-corrected chi connectivity index (χ1v) is 11.1. The van der Waals surface area contributed by atoms with Crippen LogP contribution >= 0.6 is 0 Å². The van der Waals surface area contributed by atoms with Crippen molar-refractivity contribution in [2.75, 3.05) is 11.5 Å². The summed E-state index contributed by atoms with van der Waals surface area (Å²) in [4.78, 5) is 24.7. The predicted octanol–water partition coefficient (Wildman–Crippen LogP) is 4.11. The molecule has 132 valence electrons. The standard InChI is InChI=1S/C17H26N2O4Si/c1-17(2,3)24(4,5)23-12-13-10-11-16(20)18(13)14-8-6-7-9-15(14)19(21)22/h6-9,13H,10-12H2,1-5H3/t13-/m0/s1. The highest BCUT2D eigenvalue weighted by Crippen LogP contribution is 2.38. The number of amides is 1. The Labute approximate surface area is 144 Å². The SMILES string of the molecule is CC(C)(C)[Si](C)(C)OC[C@@H]1CCC(=O)N1c1ccccc1[N+](=O)[O-]. The number of nitro benzene ring substituents is 1. The molecule has 1 fully saturated rings. The molecule has 0 radical (unpaired) electrons. The van der Waals surface area contributed by atoms with Crippen LogP contribution in [0.15, 0.2) is 24.3 Å². The third-order valence-electron chi connectivity index (χ3n) is 5.11. The number of rotatable bonds is 5. The van der Waals surface area contributed by atoms with Gasteiger partial charge in [-0.1, -0.05) is 32.9 Å². The Kier molecular flexibility index (Phi) is 5.15. The molecule has 0 unspecified atom stereocenters. The van der Waals surface area contributed by atoms with E-state index in [9.17, 15) is 14.9 Å². The van der Waals surface area contributed by atoms with E-state index in [-0.39, 0.29) is 22.7 Å². The van der Waals surface area contributed by atoms with E-state index >= 15 is 0 Å². The maximum absolute atomic E-state index is 12.3. The van der Waals surface area contributed by atoms with E-state index in [0.717, 1.165) is 0 Å². The van der Waals surface area contributed by atoms with E-state index in [0.29, 0.717) is 25.1 Å². The van der Waals surface area contributed by atoms with Crippen molar-refractivity contribution in [3.63, 3.8) is 0 Å². The van der Waals surface area contributed by atoms with Crippen molar-refractivity contribution in [2.24, 2.45) is 0 Å². The number of carbonyl (C=O) groups is 1. The fourth-order valence-electron chi connectivity index (χ4n) is 2.58. The normalized spacial score (nSPS) is 19.0. The monoisotopic (exact) mass is 350 g/mol. The Balaban J connectivity index is 2.23. The molecule has 0 N–H and O–H groups in total. The van der Waals surface area contributed by atoms with E-state index in [1.807, 2.05) is 0 Å². The Bertz CT molecular complexity index is 640. The van der Waals surface area contributed by atoms with Crippen LogP contribution in [-0.2, 0) is 9.22 Å². The number of para-hydroxylation sites is 2. The highest BCUT2D eigenvalue weighted by molar-refractivity contribution is 6.74. The highest BCUT2D eigenvalue weighted by atomic mass is 28.4. The van der Waals surface area contributed by atoms with Gasteiger partial charge < -0.3 is 9.33 Å². The lowest BCUT2D eigenvalue weighted by atomic mass is 10.2. The Morgan fingerprint density at radius 2 is 1.96 bits per heavy atom. The maximum atomic E-state index is 12.3. The molecule has 1 aliphatic rings. The summed E-state index contributed by atoms with van der Waals surface area (Å²) in [7, 11) is -1.93. The average Bonchev–Trinajstić information content (AvgIpc) is 2.85. The molecule has 0 aromatic heterocycles. The second-order valence-electron chi connectivity index (χ2n) is 7.77. The van der Waals surface area contributed by atoms with E-state index in [2.05, 4.69) is 33.9 Å². The van der Waals surface area contributed by atoms with Gasteiger partial charge in [0.15, 0.2) is 8.32 Å². The minimum atomic E-state index is -1.93. The number of hydrogen-bond donors (Lipinski definition) is 0. The van der Waals surface area contributed by atoms with Gasteiger partial charge in [-0.25, -0.2) is 0 Å². The molecule has 0 bridgehead atoms. The van der Waals surface area contributed by atoms with Gasteiger partial charge in [-0.15, -0.1) is 0 Å². The lowest BCUT2D eigenvalue weighted by molar-refractivity contribution is -0.384. The van der Waals surface area contributed by atoms with Crippen LogP contribution in [0.1, 0.15) is 33.6 Å². The second-order valence-corrected chi connectivity index (χ2v) is 12.6. The number of anilines is 1. The zero-order valence-electron chi connectivity index (χ0n) is 15.0. The van der Waals surface area contributed by atoms with Gasteiger partial charge in [-0.2, -0.15) is 0 Å². The molecule has 1 atom stereocenters. The Morgan fingerprint density at radius 3 is 2.54 bits per heavy atom. The van der Waals surface area contributed by atoms with Crippen LogP contribution in [-0.4, -0.2) is 31.8 Å². The smallest absolute Gasteiger partial charge is 0.292 e. The molecular formula is C17H26N2O4Si. The van der Waals surface area contributed by atoms with Crippen molar-refractivity contribution in [1.82, 2.24) is 0 Å². The first-order valence-electron chi connectivity index (χ1n) is 8.24. The van der Waals surface area contributed by atoms with E-state index in [1.165, 1.54) is 6.07 Å². The lowest BCUT2D eigenvalue weighted by Gasteiger charge is -2.38. The van der Waals surface area contributed by atoms with E-state index in [4.69, 9.17) is 4.43 Å². The summed E-state index contributed by atoms with van der Waals surface area (Å²) < 4.78 is 6.25. The molecule has 1 aliphatic heterocycles. The van der Waals surface area contributed by atoms with Crippen LogP contribution < -0.4 is 4.90 Å². The van der Waals surface area contributed by atoms with Gasteiger partial charge in [0.05, 0.1) is 17.6 Å². The minimum absolute atomic E-state index is 0.0370. The summed E-state index contributed by atoms with van der Waals surface area (Å²) in [5, 5.41) is 11.4. The summed E-state index contributed by atoms with van der Waals surface area (Å²) in [5.74, 6) is -0.0758. The van der Waals surface area contributed by atoms with E-state index in [1.54, 1.807) is 23.1 Å². The maximum Gasteiger partial charge on any atom is 0.292 e. The minimum Gasteiger partial charge on any atom is -0.415 e. The molecular weight excluding hydrogens is 324 g/mol. The molecule has 1 aromatic carbocycles. The summed E-state index contributed by atoms with van der Waals surface area (Å²) >= 11 is 0. The molecule has 7 heteroatoms. The molecule has 1 amide bonds. The third-order valence-corrected chi connectivity index (χ3v) is 9.61. The number of nitrogens with zero attached hydrogens (tertiary/aromatic N) is 2. The van der Waals surface area contributed by atoms with Crippen LogP contribution in [0.25, 0.3) is 0 Å². The van der Waals surface area contributed by atoms with Crippen molar-refractivity contribution in [2.45, 2.75) is 57.8 Å². The molecule has 6 nitrogen and oxygen atoms in total. The van der Waals surface area contributed by atoms with Crippen molar-refractivity contribution in [3.05, 3.63) is 34.4 Å². The van der Waals surface area contributed by atoms with Gasteiger partial charge in [0.25, 0.3) is 5.69 Å². The van der Waals surface area contributed by atoms with Gasteiger partial charge >= 0.3 is 0 Å². The Morgan fingerprint density at radius 1 is 1.33 bits per heavy atom. The topological polar surface area (TPSA) is 72.7 Å².